The molecule has 0 unspecified atom stereocenters. The minimum Gasteiger partial charge on any atom is -0.321 e. The maximum Gasteiger partial charge on any atom is 0.276 e. The first-order valence-corrected chi connectivity index (χ1v) is 9.97. The predicted octanol–water partition coefficient (Wildman–Crippen LogP) is 4.94. The number of aromatic amines is 1. The number of H-pyrrole nitrogens is 1. The minimum atomic E-state index is -0.368. The Morgan fingerprint density at radius 1 is 0.966 bits per heavy atom. The lowest BCUT2D eigenvalue weighted by molar-refractivity contribution is 0.102. The van der Waals surface area contributed by atoms with Gasteiger partial charge in [0.05, 0.1) is 5.39 Å². The molecular formula is C23H19N3O2S. The quantitative estimate of drug-likeness (QED) is 0.508. The molecule has 6 heteroatoms. The number of rotatable bonds is 4. The average molecular weight is 401 g/mol. The van der Waals surface area contributed by atoms with Gasteiger partial charge in [0.15, 0.2) is 5.69 Å². The van der Waals surface area contributed by atoms with Crippen LogP contribution in [0, 0.1) is 13.8 Å². The van der Waals surface area contributed by atoms with E-state index in [2.05, 4.69) is 47.6 Å². The zero-order chi connectivity index (χ0) is 20.4. The first kappa shape index (κ1) is 19.0. The van der Waals surface area contributed by atoms with Crippen LogP contribution in [-0.2, 0) is 0 Å². The molecule has 3 aromatic carbocycles. The van der Waals surface area contributed by atoms with E-state index in [0.717, 1.165) is 4.90 Å². The van der Waals surface area contributed by atoms with Gasteiger partial charge < -0.3 is 5.32 Å². The molecule has 5 nitrogen and oxygen atoms in total. The Hall–Kier alpha value is -3.38. The summed E-state index contributed by atoms with van der Waals surface area (Å²) < 4.78 is 0. The Morgan fingerprint density at radius 3 is 2.45 bits per heavy atom. The van der Waals surface area contributed by atoms with Gasteiger partial charge in [0.25, 0.3) is 11.5 Å². The van der Waals surface area contributed by atoms with E-state index in [9.17, 15) is 9.59 Å². The van der Waals surface area contributed by atoms with Crippen molar-refractivity contribution in [2.45, 2.75) is 23.6 Å². The highest BCUT2D eigenvalue weighted by molar-refractivity contribution is 7.99. The Labute approximate surface area is 172 Å². The third kappa shape index (κ3) is 4.07. The minimum absolute atomic E-state index is 0.189. The number of nitrogens with one attached hydrogen (secondary N) is 2. The lowest BCUT2D eigenvalue weighted by Crippen LogP contribution is -2.19. The molecule has 0 saturated carbocycles. The van der Waals surface area contributed by atoms with Crippen molar-refractivity contribution < 1.29 is 4.79 Å². The molecule has 0 radical (unpaired) electrons. The highest BCUT2D eigenvalue weighted by Gasteiger charge is 2.14. The van der Waals surface area contributed by atoms with Gasteiger partial charge in [0.2, 0.25) is 0 Å². The fraction of sp³-hybridized carbons (Fsp3) is 0.0870. The predicted molar refractivity (Wildman–Crippen MR) is 117 cm³/mol. The van der Waals surface area contributed by atoms with E-state index in [1.165, 1.54) is 16.0 Å². The summed E-state index contributed by atoms with van der Waals surface area (Å²) in [5, 5.41) is 10.1. The molecule has 144 valence electrons. The molecule has 0 fully saturated rings. The number of hydrogen-bond donors (Lipinski definition) is 2. The number of benzene rings is 3. The van der Waals surface area contributed by atoms with Gasteiger partial charge in [0, 0.05) is 20.9 Å². The highest BCUT2D eigenvalue weighted by atomic mass is 32.2. The molecular weight excluding hydrogens is 382 g/mol. The van der Waals surface area contributed by atoms with Crippen molar-refractivity contribution in [3.63, 3.8) is 0 Å². The van der Waals surface area contributed by atoms with Crippen LogP contribution in [0.2, 0.25) is 0 Å². The molecule has 2 N–H and O–H groups in total. The smallest absolute Gasteiger partial charge is 0.276 e. The first-order valence-electron chi connectivity index (χ1n) is 9.15. The molecule has 1 heterocycles. The maximum absolute atomic E-state index is 12.7. The zero-order valence-electron chi connectivity index (χ0n) is 16.0. The van der Waals surface area contributed by atoms with Gasteiger partial charge in [-0.1, -0.05) is 42.1 Å². The Bertz CT molecular complexity index is 1260. The molecule has 0 aliphatic carbocycles. The van der Waals surface area contributed by atoms with Crippen LogP contribution in [0.1, 0.15) is 21.6 Å². The topological polar surface area (TPSA) is 74.8 Å². The zero-order valence-corrected chi connectivity index (χ0v) is 16.8. The fourth-order valence-corrected chi connectivity index (χ4v) is 4.03. The number of carbonyl (C=O) groups excluding carboxylic acids is 1. The molecule has 29 heavy (non-hydrogen) atoms. The van der Waals surface area contributed by atoms with Gasteiger partial charge in [0.1, 0.15) is 0 Å². The Kier molecular flexibility index (Phi) is 5.18. The van der Waals surface area contributed by atoms with Crippen molar-refractivity contribution in [1.29, 1.82) is 0 Å². The lowest BCUT2D eigenvalue weighted by Gasteiger charge is -2.09. The van der Waals surface area contributed by atoms with Crippen LogP contribution in [0.15, 0.2) is 81.3 Å². The SMILES string of the molecule is Cc1ccc(C)c(Sc2ccc(NC(=O)c3n[nH]c(=O)c4ccccc34)cc2)c1. The van der Waals surface area contributed by atoms with Crippen molar-refractivity contribution in [2.24, 2.45) is 0 Å². The second-order valence-corrected chi connectivity index (χ2v) is 7.91. The van der Waals surface area contributed by atoms with E-state index in [1.54, 1.807) is 36.0 Å². The number of hydrogen-bond acceptors (Lipinski definition) is 4. The van der Waals surface area contributed by atoms with E-state index in [0.29, 0.717) is 16.5 Å². The molecule has 1 amide bonds. The van der Waals surface area contributed by atoms with E-state index in [-0.39, 0.29) is 17.2 Å². The third-order valence-corrected chi connectivity index (χ3v) is 5.76. The maximum atomic E-state index is 12.7. The first-order chi connectivity index (χ1) is 14.0. The van der Waals surface area contributed by atoms with Crippen LogP contribution in [0.4, 0.5) is 5.69 Å². The van der Waals surface area contributed by atoms with E-state index in [4.69, 9.17) is 0 Å². The highest BCUT2D eigenvalue weighted by Crippen LogP contribution is 2.31. The summed E-state index contributed by atoms with van der Waals surface area (Å²) in [5.74, 6) is -0.368. The molecule has 4 rings (SSSR count). The molecule has 1 aromatic heterocycles. The largest absolute Gasteiger partial charge is 0.321 e. The number of aromatic nitrogens is 2. The van der Waals surface area contributed by atoms with Crippen LogP contribution >= 0.6 is 11.8 Å². The van der Waals surface area contributed by atoms with Gasteiger partial charge in [-0.25, -0.2) is 5.10 Å². The van der Waals surface area contributed by atoms with Gasteiger partial charge in [-0.15, -0.1) is 0 Å². The molecule has 4 aromatic rings. The van der Waals surface area contributed by atoms with Gasteiger partial charge in [-0.05, 0) is 61.4 Å². The van der Waals surface area contributed by atoms with E-state index >= 15 is 0 Å². The van der Waals surface area contributed by atoms with Gasteiger partial charge in [-0.3, -0.25) is 9.59 Å². The standard InChI is InChI=1S/C23H19N3O2S/c1-14-7-8-15(2)20(13-14)29-17-11-9-16(10-12-17)24-23(28)21-18-5-3-4-6-19(18)22(27)26-25-21/h3-13H,1-2H3,(H,24,28)(H,26,27). The Balaban J connectivity index is 1.53. The van der Waals surface area contributed by atoms with Gasteiger partial charge >= 0.3 is 0 Å². The second-order valence-electron chi connectivity index (χ2n) is 6.80. The third-order valence-electron chi connectivity index (χ3n) is 4.59. The van der Waals surface area contributed by atoms with E-state index in [1.807, 2.05) is 24.3 Å². The molecule has 0 aliphatic heterocycles. The van der Waals surface area contributed by atoms with Crippen molar-refractivity contribution in [3.05, 3.63) is 93.9 Å². The summed E-state index contributed by atoms with van der Waals surface area (Å²) in [6, 6.07) is 21.0. The molecule has 0 spiro atoms. The number of aryl methyl sites for hydroxylation is 2. The lowest BCUT2D eigenvalue weighted by atomic mass is 10.1. The summed E-state index contributed by atoms with van der Waals surface area (Å²) in [4.78, 5) is 26.9. The fourth-order valence-electron chi connectivity index (χ4n) is 3.03. The summed E-state index contributed by atoms with van der Waals surface area (Å²) >= 11 is 1.69. The van der Waals surface area contributed by atoms with Crippen LogP contribution in [-0.4, -0.2) is 16.1 Å². The van der Waals surface area contributed by atoms with Crippen LogP contribution in [0.5, 0.6) is 0 Å². The monoisotopic (exact) mass is 401 g/mol. The summed E-state index contributed by atoms with van der Waals surface area (Å²) in [6.07, 6.45) is 0. The van der Waals surface area contributed by atoms with Crippen molar-refractivity contribution in [3.8, 4) is 0 Å². The van der Waals surface area contributed by atoms with Gasteiger partial charge in [-0.2, -0.15) is 5.10 Å². The number of anilines is 1. The van der Waals surface area contributed by atoms with Crippen molar-refractivity contribution in [1.82, 2.24) is 10.2 Å². The number of amides is 1. The molecule has 0 saturated heterocycles. The van der Waals surface area contributed by atoms with Crippen molar-refractivity contribution in [2.75, 3.05) is 5.32 Å². The summed E-state index contributed by atoms with van der Waals surface area (Å²) in [6.45, 7) is 4.18. The van der Waals surface area contributed by atoms with Crippen LogP contribution in [0.3, 0.4) is 0 Å². The normalized spacial score (nSPS) is 10.8. The summed E-state index contributed by atoms with van der Waals surface area (Å²) in [7, 11) is 0. The van der Waals surface area contributed by atoms with Crippen LogP contribution < -0.4 is 10.9 Å². The average Bonchev–Trinajstić information content (AvgIpc) is 2.72. The summed E-state index contributed by atoms with van der Waals surface area (Å²) in [5.41, 5.74) is 2.99. The van der Waals surface area contributed by atoms with Crippen molar-refractivity contribution >= 4 is 34.1 Å². The number of carbonyl (C=O) groups is 1. The van der Waals surface area contributed by atoms with E-state index < -0.39 is 0 Å². The second kappa shape index (κ2) is 7.93. The number of nitrogens with zero attached hydrogens (tertiary/aromatic N) is 1. The molecule has 0 aliphatic rings. The Morgan fingerprint density at radius 2 is 1.69 bits per heavy atom. The molecule has 0 atom stereocenters. The van der Waals surface area contributed by atoms with Crippen LogP contribution in [0.25, 0.3) is 10.8 Å². The number of fused-ring (bicyclic) bond motifs is 1. The molecule has 0 bridgehead atoms.